The molecule has 2 aromatic heterocycles. The van der Waals surface area contributed by atoms with Crippen molar-refractivity contribution in [2.75, 3.05) is 28.3 Å². The van der Waals surface area contributed by atoms with Crippen LogP contribution in [0, 0.1) is 22.7 Å². The lowest BCUT2D eigenvalue weighted by Gasteiger charge is -2.22. The van der Waals surface area contributed by atoms with Gasteiger partial charge >= 0.3 is 0 Å². The summed E-state index contributed by atoms with van der Waals surface area (Å²) >= 11 is 0. The Labute approximate surface area is 180 Å². The van der Waals surface area contributed by atoms with E-state index < -0.39 is 15.3 Å². The lowest BCUT2D eigenvalue weighted by atomic mass is 9.83. The van der Waals surface area contributed by atoms with Crippen molar-refractivity contribution >= 4 is 33.2 Å². The Morgan fingerprint density at radius 2 is 2.00 bits per heavy atom. The molecule has 0 bridgehead atoms. The molecule has 1 atom stereocenters. The molecule has 4 heterocycles. The minimum atomic E-state index is -2.92. The SMILES string of the molecule is N#C[C@@]1(C2CC2)CCN(c2ccnc(Nc3cnn(C4CCS(=O)(=O)CC4)c3)n2)C1=O. The van der Waals surface area contributed by atoms with Gasteiger partial charge < -0.3 is 5.32 Å². The number of amides is 1. The summed E-state index contributed by atoms with van der Waals surface area (Å²) in [5.74, 6) is 1.17. The second-order valence-electron chi connectivity index (χ2n) is 8.52. The molecule has 0 radical (unpaired) electrons. The number of nitrogens with one attached hydrogen (secondary N) is 1. The lowest BCUT2D eigenvalue weighted by molar-refractivity contribution is -0.123. The fourth-order valence-corrected chi connectivity index (χ4v) is 6.01. The Balaban J connectivity index is 1.29. The Bertz CT molecular complexity index is 1150. The first-order valence-corrected chi connectivity index (χ1v) is 12.3. The summed E-state index contributed by atoms with van der Waals surface area (Å²) in [5, 5.41) is 17.1. The summed E-state index contributed by atoms with van der Waals surface area (Å²) in [6.45, 7) is 0.474. The van der Waals surface area contributed by atoms with Crippen LogP contribution in [-0.2, 0) is 14.6 Å². The van der Waals surface area contributed by atoms with Gasteiger partial charge in [0.05, 0.1) is 35.5 Å². The van der Waals surface area contributed by atoms with Gasteiger partial charge in [0, 0.05) is 18.9 Å². The van der Waals surface area contributed by atoms with Gasteiger partial charge in [0.2, 0.25) is 11.9 Å². The smallest absolute Gasteiger partial charge is 0.248 e. The normalized spacial score (nSPS) is 26.0. The number of aromatic nitrogens is 4. The molecule has 11 heteroatoms. The molecular formula is C20H23N7O3S. The van der Waals surface area contributed by atoms with Gasteiger partial charge in [-0.3, -0.25) is 14.4 Å². The second kappa shape index (κ2) is 7.30. The summed E-state index contributed by atoms with van der Waals surface area (Å²) in [6.07, 6.45) is 8.53. The van der Waals surface area contributed by atoms with Crippen LogP contribution in [0.1, 0.15) is 38.1 Å². The molecule has 3 aliphatic rings. The number of carbonyl (C=O) groups is 1. The van der Waals surface area contributed by atoms with Crippen molar-refractivity contribution in [1.82, 2.24) is 19.7 Å². The van der Waals surface area contributed by atoms with Gasteiger partial charge in [-0.15, -0.1) is 0 Å². The number of hydrogen-bond donors (Lipinski definition) is 1. The van der Waals surface area contributed by atoms with Gasteiger partial charge in [0.25, 0.3) is 0 Å². The molecule has 2 aliphatic heterocycles. The molecule has 1 aliphatic carbocycles. The van der Waals surface area contributed by atoms with E-state index in [-0.39, 0.29) is 29.4 Å². The molecule has 2 aromatic rings. The zero-order valence-corrected chi connectivity index (χ0v) is 17.8. The first-order chi connectivity index (χ1) is 14.9. The number of carbonyl (C=O) groups excluding carboxylic acids is 1. The van der Waals surface area contributed by atoms with E-state index in [9.17, 15) is 18.5 Å². The maximum atomic E-state index is 13.0. The van der Waals surface area contributed by atoms with Crippen LogP contribution in [0.15, 0.2) is 24.7 Å². The van der Waals surface area contributed by atoms with Crippen LogP contribution in [0.5, 0.6) is 0 Å². The third kappa shape index (κ3) is 3.65. The zero-order chi connectivity index (χ0) is 21.6. The van der Waals surface area contributed by atoms with Crippen molar-refractivity contribution in [3.05, 3.63) is 24.7 Å². The average molecular weight is 442 g/mol. The minimum Gasteiger partial charge on any atom is -0.321 e. The van der Waals surface area contributed by atoms with Gasteiger partial charge in [0.1, 0.15) is 21.1 Å². The van der Waals surface area contributed by atoms with Crippen molar-refractivity contribution in [2.24, 2.45) is 11.3 Å². The Morgan fingerprint density at radius 3 is 2.71 bits per heavy atom. The van der Waals surface area contributed by atoms with E-state index in [2.05, 4.69) is 26.5 Å². The van der Waals surface area contributed by atoms with Crippen molar-refractivity contribution in [3.8, 4) is 6.07 Å². The summed E-state index contributed by atoms with van der Waals surface area (Å²) < 4.78 is 25.0. The Morgan fingerprint density at radius 1 is 1.23 bits per heavy atom. The topological polar surface area (TPSA) is 134 Å². The van der Waals surface area contributed by atoms with E-state index >= 15 is 0 Å². The van der Waals surface area contributed by atoms with Gasteiger partial charge in [-0.05, 0) is 44.1 Å². The molecule has 0 spiro atoms. The molecule has 5 rings (SSSR count). The van der Waals surface area contributed by atoms with Crippen LogP contribution in [-0.4, -0.2) is 52.1 Å². The molecule has 1 saturated carbocycles. The lowest BCUT2D eigenvalue weighted by Crippen LogP contribution is -2.35. The molecule has 1 N–H and O–H groups in total. The van der Waals surface area contributed by atoms with Gasteiger partial charge in [-0.1, -0.05) is 0 Å². The van der Waals surface area contributed by atoms with E-state index in [0.717, 1.165) is 12.8 Å². The molecule has 2 saturated heterocycles. The molecule has 0 unspecified atom stereocenters. The van der Waals surface area contributed by atoms with Crippen molar-refractivity contribution in [1.29, 1.82) is 5.26 Å². The number of nitriles is 1. The van der Waals surface area contributed by atoms with E-state index in [4.69, 9.17) is 0 Å². The van der Waals surface area contributed by atoms with E-state index in [1.54, 1.807) is 28.0 Å². The van der Waals surface area contributed by atoms with E-state index in [0.29, 0.717) is 43.3 Å². The fourth-order valence-electron chi connectivity index (χ4n) is 4.54. The molecule has 3 fully saturated rings. The van der Waals surface area contributed by atoms with Crippen LogP contribution in [0.3, 0.4) is 0 Å². The van der Waals surface area contributed by atoms with Crippen LogP contribution >= 0.6 is 0 Å². The van der Waals surface area contributed by atoms with Crippen LogP contribution in [0.25, 0.3) is 0 Å². The predicted molar refractivity (Wildman–Crippen MR) is 112 cm³/mol. The number of rotatable bonds is 5. The molecular weight excluding hydrogens is 418 g/mol. The van der Waals surface area contributed by atoms with Crippen molar-refractivity contribution in [3.63, 3.8) is 0 Å². The summed E-state index contributed by atoms with van der Waals surface area (Å²) in [5.41, 5.74) is -0.227. The predicted octanol–water partition coefficient (Wildman–Crippen LogP) is 1.82. The quantitative estimate of drug-likeness (QED) is 0.743. The maximum Gasteiger partial charge on any atom is 0.248 e. The zero-order valence-electron chi connectivity index (χ0n) is 16.9. The highest BCUT2D eigenvalue weighted by Gasteiger charge is 2.57. The summed E-state index contributed by atoms with van der Waals surface area (Å²) in [4.78, 5) is 23.3. The number of hydrogen-bond acceptors (Lipinski definition) is 8. The molecule has 10 nitrogen and oxygen atoms in total. The first-order valence-electron chi connectivity index (χ1n) is 10.5. The molecule has 1 amide bonds. The maximum absolute atomic E-state index is 13.0. The monoisotopic (exact) mass is 441 g/mol. The first kappa shape index (κ1) is 19.9. The number of anilines is 3. The second-order valence-corrected chi connectivity index (χ2v) is 10.8. The van der Waals surface area contributed by atoms with Crippen molar-refractivity contribution in [2.45, 2.75) is 38.1 Å². The Hall–Kier alpha value is -3.00. The number of sulfone groups is 1. The van der Waals surface area contributed by atoms with E-state index in [1.807, 2.05) is 6.20 Å². The van der Waals surface area contributed by atoms with Crippen LogP contribution in [0.4, 0.5) is 17.5 Å². The van der Waals surface area contributed by atoms with Gasteiger partial charge in [-0.2, -0.15) is 15.3 Å². The molecule has 162 valence electrons. The highest BCUT2D eigenvalue weighted by molar-refractivity contribution is 7.91. The third-order valence-electron chi connectivity index (χ3n) is 6.50. The third-order valence-corrected chi connectivity index (χ3v) is 8.22. The summed E-state index contributed by atoms with van der Waals surface area (Å²) in [7, 11) is -2.92. The number of nitrogens with zero attached hydrogens (tertiary/aromatic N) is 6. The highest BCUT2D eigenvalue weighted by Crippen LogP contribution is 2.51. The van der Waals surface area contributed by atoms with Gasteiger partial charge in [-0.25, -0.2) is 13.4 Å². The fraction of sp³-hybridized carbons (Fsp3) is 0.550. The molecule has 0 aromatic carbocycles. The van der Waals surface area contributed by atoms with Crippen LogP contribution < -0.4 is 10.2 Å². The average Bonchev–Trinajstić information content (AvgIpc) is 3.42. The van der Waals surface area contributed by atoms with Crippen LogP contribution in [0.2, 0.25) is 0 Å². The van der Waals surface area contributed by atoms with E-state index in [1.165, 1.54) is 0 Å². The van der Waals surface area contributed by atoms with Crippen molar-refractivity contribution < 1.29 is 13.2 Å². The Kier molecular flexibility index (Phi) is 4.69. The largest absolute Gasteiger partial charge is 0.321 e. The minimum absolute atomic E-state index is 0.0510. The standard InChI is InChI=1S/C20H23N7O3S/c21-13-20(14-1-2-14)6-8-26(18(20)28)17-3-7-22-19(25-17)24-15-11-23-27(12-15)16-4-9-31(29,30)10-5-16/h3,7,11-12,14,16H,1-2,4-6,8-10H2,(H,22,24,25)/t20-/m1/s1. The highest BCUT2D eigenvalue weighted by atomic mass is 32.2. The summed E-state index contributed by atoms with van der Waals surface area (Å²) in [6, 6.07) is 4.01. The molecule has 31 heavy (non-hydrogen) atoms. The van der Waals surface area contributed by atoms with Gasteiger partial charge in [0.15, 0.2) is 0 Å².